The zero-order valence-electron chi connectivity index (χ0n) is 12.1. The molecule has 2 rings (SSSR count). The SMILES string of the molecule is COCCCC(=O)c1cc(COCc2ccccc2)on1. The number of carbonyl (C=O) groups is 1. The molecule has 0 aliphatic carbocycles. The van der Waals surface area contributed by atoms with E-state index in [-0.39, 0.29) is 5.78 Å². The van der Waals surface area contributed by atoms with Gasteiger partial charge < -0.3 is 14.0 Å². The zero-order valence-corrected chi connectivity index (χ0v) is 12.1. The van der Waals surface area contributed by atoms with Crippen LogP contribution in [0.3, 0.4) is 0 Å². The molecule has 0 saturated carbocycles. The molecule has 0 atom stereocenters. The zero-order chi connectivity index (χ0) is 14.9. The lowest BCUT2D eigenvalue weighted by Gasteiger charge is -2.00. The molecule has 0 aliphatic rings. The molecule has 0 bridgehead atoms. The number of rotatable bonds is 9. The van der Waals surface area contributed by atoms with Crippen molar-refractivity contribution in [1.82, 2.24) is 5.16 Å². The summed E-state index contributed by atoms with van der Waals surface area (Å²) < 4.78 is 15.5. The monoisotopic (exact) mass is 289 g/mol. The molecule has 0 unspecified atom stereocenters. The quantitative estimate of drug-likeness (QED) is 0.524. The second kappa shape index (κ2) is 8.34. The molecule has 0 aliphatic heterocycles. The van der Waals surface area contributed by atoms with Crippen LogP contribution in [0, 0.1) is 0 Å². The maximum absolute atomic E-state index is 11.8. The first-order valence-electron chi connectivity index (χ1n) is 6.89. The summed E-state index contributed by atoms with van der Waals surface area (Å²) in [6.45, 7) is 1.36. The van der Waals surface area contributed by atoms with Crippen molar-refractivity contribution in [2.45, 2.75) is 26.1 Å². The van der Waals surface area contributed by atoms with E-state index in [2.05, 4.69) is 5.16 Å². The summed E-state index contributed by atoms with van der Waals surface area (Å²) in [6.07, 6.45) is 1.09. The van der Waals surface area contributed by atoms with Gasteiger partial charge in [-0.3, -0.25) is 4.79 Å². The highest BCUT2D eigenvalue weighted by molar-refractivity contribution is 5.94. The Morgan fingerprint density at radius 2 is 2.05 bits per heavy atom. The van der Waals surface area contributed by atoms with Crippen LogP contribution in [-0.2, 0) is 22.7 Å². The van der Waals surface area contributed by atoms with Gasteiger partial charge in [-0.2, -0.15) is 0 Å². The van der Waals surface area contributed by atoms with Gasteiger partial charge in [0.15, 0.2) is 11.5 Å². The van der Waals surface area contributed by atoms with Crippen LogP contribution in [-0.4, -0.2) is 24.7 Å². The van der Waals surface area contributed by atoms with Gasteiger partial charge in [0, 0.05) is 26.2 Å². The van der Waals surface area contributed by atoms with Gasteiger partial charge in [-0.15, -0.1) is 0 Å². The number of hydrogen-bond donors (Lipinski definition) is 0. The van der Waals surface area contributed by atoms with E-state index in [0.717, 1.165) is 5.56 Å². The van der Waals surface area contributed by atoms with Crippen LogP contribution in [0.4, 0.5) is 0 Å². The molecule has 0 amide bonds. The molecule has 1 aromatic carbocycles. The molecule has 5 heteroatoms. The van der Waals surface area contributed by atoms with Crippen LogP contribution >= 0.6 is 0 Å². The first kappa shape index (κ1) is 15.4. The summed E-state index contributed by atoms with van der Waals surface area (Å²) in [5.41, 5.74) is 1.44. The molecule has 0 saturated heterocycles. The molecule has 0 spiro atoms. The summed E-state index contributed by atoms with van der Waals surface area (Å²) >= 11 is 0. The maximum atomic E-state index is 11.8. The van der Waals surface area contributed by atoms with Gasteiger partial charge in [0.1, 0.15) is 12.3 Å². The molecule has 0 fully saturated rings. The Morgan fingerprint density at radius 1 is 1.24 bits per heavy atom. The maximum Gasteiger partial charge on any atom is 0.184 e. The number of nitrogens with zero attached hydrogens (tertiary/aromatic N) is 1. The third kappa shape index (κ3) is 5.13. The summed E-state index contributed by atoms with van der Waals surface area (Å²) in [7, 11) is 1.61. The van der Waals surface area contributed by atoms with Crippen molar-refractivity contribution < 1.29 is 18.8 Å². The lowest BCUT2D eigenvalue weighted by atomic mass is 10.1. The first-order chi connectivity index (χ1) is 10.3. The fourth-order valence-electron chi connectivity index (χ4n) is 1.86. The standard InChI is InChI=1S/C16H19NO4/c1-19-9-5-8-16(18)15-10-14(21-17-15)12-20-11-13-6-3-2-4-7-13/h2-4,6-7,10H,5,8-9,11-12H2,1H3. The van der Waals surface area contributed by atoms with E-state index in [1.165, 1.54) is 0 Å². The molecule has 0 N–H and O–H groups in total. The van der Waals surface area contributed by atoms with Gasteiger partial charge >= 0.3 is 0 Å². The molecule has 2 aromatic rings. The molecule has 1 aromatic heterocycles. The van der Waals surface area contributed by atoms with Crippen LogP contribution in [0.1, 0.15) is 34.7 Å². The molecular weight excluding hydrogens is 270 g/mol. The predicted molar refractivity (Wildman–Crippen MR) is 76.9 cm³/mol. The Labute approximate surface area is 123 Å². The Kier molecular flexibility index (Phi) is 6.12. The summed E-state index contributed by atoms with van der Waals surface area (Å²) in [5, 5.41) is 3.78. The van der Waals surface area contributed by atoms with E-state index in [1.807, 2.05) is 30.3 Å². The highest BCUT2D eigenvalue weighted by Gasteiger charge is 2.12. The van der Waals surface area contributed by atoms with Crippen molar-refractivity contribution >= 4 is 5.78 Å². The number of carbonyl (C=O) groups excluding carboxylic acids is 1. The number of ether oxygens (including phenoxy) is 2. The molecule has 5 nitrogen and oxygen atoms in total. The summed E-state index contributed by atoms with van der Waals surface area (Å²) in [4.78, 5) is 11.8. The molecule has 112 valence electrons. The van der Waals surface area contributed by atoms with Gasteiger partial charge in [0.25, 0.3) is 0 Å². The van der Waals surface area contributed by atoms with Gasteiger partial charge in [-0.05, 0) is 12.0 Å². The average Bonchev–Trinajstić information content (AvgIpc) is 2.97. The van der Waals surface area contributed by atoms with E-state index in [9.17, 15) is 4.79 Å². The van der Waals surface area contributed by atoms with Gasteiger partial charge in [0.05, 0.1) is 6.61 Å². The number of aromatic nitrogens is 1. The Hall–Kier alpha value is -1.98. The van der Waals surface area contributed by atoms with E-state index in [0.29, 0.717) is 44.1 Å². The molecule has 1 heterocycles. The van der Waals surface area contributed by atoms with Crippen molar-refractivity contribution in [1.29, 1.82) is 0 Å². The molecule has 21 heavy (non-hydrogen) atoms. The summed E-state index contributed by atoms with van der Waals surface area (Å²) in [5.74, 6) is 0.520. The highest BCUT2D eigenvalue weighted by Crippen LogP contribution is 2.10. The minimum atomic E-state index is -0.0369. The second-order valence-corrected chi connectivity index (χ2v) is 4.68. The first-order valence-corrected chi connectivity index (χ1v) is 6.89. The number of ketones is 1. The Bertz CT molecular complexity index is 550. The van der Waals surface area contributed by atoms with E-state index in [1.54, 1.807) is 13.2 Å². The van der Waals surface area contributed by atoms with Crippen molar-refractivity contribution in [2.24, 2.45) is 0 Å². The number of methoxy groups -OCH3 is 1. The average molecular weight is 289 g/mol. The lowest BCUT2D eigenvalue weighted by molar-refractivity contribution is 0.0878. The molecule has 0 radical (unpaired) electrons. The number of Topliss-reactive ketones (excluding diaryl/α,β-unsaturated/α-hetero) is 1. The van der Waals surface area contributed by atoms with E-state index >= 15 is 0 Å². The Balaban J connectivity index is 1.76. The van der Waals surface area contributed by atoms with Gasteiger partial charge in [-0.1, -0.05) is 35.5 Å². The van der Waals surface area contributed by atoms with E-state index in [4.69, 9.17) is 14.0 Å². The van der Waals surface area contributed by atoms with E-state index < -0.39 is 0 Å². The van der Waals surface area contributed by atoms with Gasteiger partial charge in [0.2, 0.25) is 0 Å². The largest absolute Gasteiger partial charge is 0.385 e. The minimum Gasteiger partial charge on any atom is -0.385 e. The fraction of sp³-hybridized carbons (Fsp3) is 0.375. The van der Waals surface area contributed by atoms with Crippen LogP contribution < -0.4 is 0 Å². The number of hydrogen-bond acceptors (Lipinski definition) is 5. The smallest absolute Gasteiger partial charge is 0.184 e. The van der Waals surface area contributed by atoms with Gasteiger partial charge in [-0.25, -0.2) is 0 Å². The summed E-state index contributed by atoms with van der Waals surface area (Å²) in [6, 6.07) is 11.5. The lowest BCUT2D eigenvalue weighted by Crippen LogP contribution is -2.01. The van der Waals surface area contributed by atoms with Crippen LogP contribution in [0.5, 0.6) is 0 Å². The van der Waals surface area contributed by atoms with Crippen molar-refractivity contribution in [3.63, 3.8) is 0 Å². The predicted octanol–water partition coefficient (Wildman–Crippen LogP) is 3.00. The van der Waals surface area contributed by atoms with Crippen molar-refractivity contribution in [2.75, 3.05) is 13.7 Å². The van der Waals surface area contributed by atoms with Crippen molar-refractivity contribution in [3.8, 4) is 0 Å². The number of benzene rings is 1. The fourth-order valence-corrected chi connectivity index (χ4v) is 1.86. The Morgan fingerprint density at radius 3 is 2.81 bits per heavy atom. The normalized spacial score (nSPS) is 10.7. The second-order valence-electron chi connectivity index (χ2n) is 4.68. The van der Waals surface area contributed by atoms with Crippen LogP contribution in [0.15, 0.2) is 40.9 Å². The van der Waals surface area contributed by atoms with Crippen molar-refractivity contribution in [3.05, 3.63) is 53.4 Å². The van der Waals surface area contributed by atoms with Crippen LogP contribution in [0.2, 0.25) is 0 Å². The van der Waals surface area contributed by atoms with Crippen LogP contribution in [0.25, 0.3) is 0 Å². The minimum absolute atomic E-state index is 0.0369. The third-order valence-corrected chi connectivity index (χ3v) is 2.95. The molecular formula is C16H19NO4. The highest BCUT2D eigenvalue weighted by atomic mass is 16.5. The third-order valence-electron chi connectivity index (χ3n) is 2.95. The topological polar surface area (TPSA) is 61.6 Å².